The van der Waals surface area contributed by atoms with Gasteiger partial charge in [0.15, 0.2) is 0 Å². The Kier molecular flexibility index (Phi) is 5.83. The number of amides is 1. The first-order valence-corrected chi connectivity index (χ1v) is 5.64. The molecule has 0 fully saturated rings. The molecule has 0 unspecified atom stereocenters. The Labute approximate surface area is 114 Å². The summed E-state index contributed by atoms with van der Waals surface area (Å²) < 4.78 is 0. The molecule has 7 nitrogen and oxygen atoms in total. The second kappa shape index (κ2) is 7.63. The molecule has 1 aromatic rings. The van der Waals surface area contributed by atoms with Crippen LogP contribution in [0.4, 0.5) is 5.69 Å². The zero-order chi connectivity index (χ0) is 15.0. The summed E-state index contributed by atoms with van der Waals surface area (Å²) in [6.07, 6.45) is 1.15. The van der Waals surface area contributed by atoms with Crippen molar-refractivity contribution in [1.29, 1.82) is 5.41 Å². The van der Waals surface area contributed by atoms with E-state index in [4.69, 9.17) is 15.6 Å². The minimum atomic E-state index is -1.04. The fourth-order valence-electron chi connectivity index (χ4n) is 1.24. The molecule has 0 bridgehead atoms. The molecule has 0 aliphatic heterocycles. The number of carbonyl (C=O) groups is 2. The smallest absolute Gasteiger partial charge is 0.335 e. The number of aliphatic hydroxyl groups is 1. The zero-order valence-corrected chi connectivity index (χ0v) is 10.5. The lowest BCUT2D eigenvalue weighted by atomic mass is 10.2. The number of nitrogens with one attached hydrogen (secondary N) is 2. The highest BCUT2D eigenvalue weighted by molar-refractivity contribution is 6.19. The van der Waals surface area contributed by atoms with Gasteiger partial charge in [-0.25, -0.2) is 4.79 Å². The summed E-state index contributed by atoms with van der Waals surface area (Å²) in [5, 5.41) is 26.7. The van der Waals surface area contributed by atoms with Crippen LogP contribution in [0.5, 0.6) is 0 Å². The van der Waals surface area contributed by atoms with Crippen LogP contribution in [0.3, 0.4) is 0 Å². The number of carboxylic acid groups (broad SMARTS) is 1. The SMILES string of the molecule is N=C=C(C=Nc1ccc(C(=O)O)cc1)C(=O)NCCO. The molecule has 0 atom stereocenters. The van der Waals surface area contributed by atoms with E-state index < -0.39 is 11.9 Å². The fourth-order valence-corrected chi connectivity index (χ4v) is 1.24. The van der Waals surface area contributed by atoms with Gasteiger partial charge in [0.05, 0.1) is 17.9 Å². The largest absolute Gasteiger partial charge is 0.478 e. The molecular weight excluding hydrogens is 262 g/mol. The molecule has 0 aliphatic carbocycles. The first-order valence-electron chi connectivity index (χ1n) is 5.64. The summed E-state index contributed by atoms with van der Waals surface area (Å²) in [6, 6.07) is 5.73. The van der Waals surface area contributed by atoms with E-state index in [9.17, 15) is 9.59 Å². The lowest BCUT2D eigenvalue weighted by Crippen LogP contribution is -2.28. The fraction of sp³-hybridized carbons (Fsp3) is 0.154. The van der Waals surface area contributed by atoms with Crippen LogP contribution in [0, 0.1) is 5.41 Å². The maximum atomic E-state index is 11.5. The highest BCUT2D eigenvalue weighted by Crippen LogP contribution is 2.12. The molecule has 0 saturated carbocycles. The molecule has 0 spiro atoms. The van der Waals surface area contributed by atoms with Crippen molar-refractivity contribution in [3.63, 3.8) is 0 Å². The van der Waals surface area contributed by atoms with Crippen LogP contribution in [0.2, 0.25) is 0 Å². The second-order valence-electron chi connectivity index (χ2n) is 3.63. The summed E-state index contributed by atoms with van der Waals surface area (Å²) in [7, 11) is 0. The van der Waals surface area contributed by atoms with Crippen LogP contribution in [0.15, 0.2) is 34.8 Å². The van der Waals surface area contributed by atoms with Crippen molar-refractivity contribution in [3.05, 3.63) is 35.4 Å². The Bertz CT molecular complexity index is 572. The summed E-state index contributed by atoms with van der Waals surface area (Å²) in [5.74, 6) is 0.333. The molecule has 104 valence electrons. The number of carbonyl (C=O) groups excluding carboxylic acids is 1. The normalized spacial score (nSPS) is 10.1. The number of hydrogen-bond donors (Lipinski definition) is 4. The number of carboxylic acids is 1. The standard InChI is InChI=1S/C13H13N3O4/c14-7-10(12(18)15-5-6-17)8-16-11-3-1-9(2-4-11)13(19)20/h1-4,8,14,17H,5-6H2,(H,15,18)(H,19,20). The minimum absolute atomic E-state index is 0.0746. The lowest BCUT2D eigenvalue weighted by Gasteiger charge is -2.00. The van der Waals surface area contributed by atoms with Crippen LogP contribution in [-0.4, -0.2) is 47.3 Å². The van der Waals surface area contributed by atoms with Crippen molar-refractivity contribution >= 4 is 29.6 Å². The summed E-state index contributed by atoms with van der Waals surface area (Å²) in [5.41, 5.74) is 0.478. The van der Waals surface area contributed by atoms with Gasteiger partial charge in [-0.15, -0.1) is 0 Å². The number of aliphatic imine (C=N–C) groups is 1. The average molecular weight is 275 g/mol. The molecule has 1 rings (SSSR count). The minimum Gasteiger partial charge on any atom is -0.478 e. The van der Waals surface area contributed by atoms with Crippen LogP contribution in [0.25, 0.3) is 0 Å². The van der Waals surface area contributed by atoms with Crippen LogP contribution < -0.4 is 5.32 Å². The molecule has 0 radical (unpaired) electrons. The number of aromatic carboxylic acids is 1. The summed E-state index contributed by atoms with van der Waals surface area (Å²) in [4.78, 5) is 26.1. The molecule has 7 heteroatoms. The third kappa shape index (κ3) is 4.49. The maximum Gasteiger partial charge on any atom is 0.335 e. The van der Waals surface area contributed by atoms with E-state index in [1.165, 1.54) is 24.3 Å². The monoisotopic (exact) mass is 275 g/mol. The number of nitrogens with zero attached hydrogens (tertiary/aromatic N) is 1. The quantitative estimate of drug-likeness (QED) is 0.442. The van der Waals surface area contributed by atoms with E-state index >= 15 is 0 Å². The zero-order valence-electron chi connectivity index (χ0n) is 10.5. The predicted octanol–water partition coefficient (Wildman–Crippen LogP) is 0.370. The van der Waals surface area contributed by atoms with Gasteiger partial charge in [0.2, 0.25) is 0 Å². The van der Waals surface area contributed by atoms with Crippen LogP contribution in [0.1, 0.15) is 10.4 Å². The molecule has 0 saturated heterocycles. The van der Waals surface area contributed by atoms with Gasteiger partial charge in [0.25, 0.3) is 5.91 Å². The molecule has 0 heterocycles. The van der Waals surface area contributed by atoms with Gasteiger partial charge in [-0.3, -0.25) is 15.2 Å². The molecule has 4 N–H and O–H groups in total. The first-order chi connectivity index (χ1) is 9.58. The summed E-state index contributed by atoms with van der Waals surface area (Å²) >= 11 is 0. The van der Waals surface area contributed by atoms with Crippen molar-refractivity contribution in [3.8, 4) is 0 Å². The van der Waals surface area contributed by atoms with Crippen molar-refractivity contribution in [2.75, 3.05) is 13.2 Å². The molecule has 1 aromatic carbocycles. The van der Waals surface area contributed by atoms with Crippen molar-refractivity contribution in [2.24, 2.45) is 4.99 Å². The highest BCUT2D eigenvalue weighted by atomic mass is 16.4. The molecule has 1 amide bonds. The van der Waals surface area contributed by atoms with E-state index in [-0.39, 0.29) is 24.3 Å². The van der Waals surface area contributed by atoms with E-state index in [1.54, 1.807) is 0 Å². The predicted molar refractivity (Wildman–Crippen MR) is 72.9 cm³/mol. The van der Waals surface area contributed by atoms with Gasteiger partial charge >= 0.3 is 5.97 Å². The van der Waals surface area contributed by atoms with E-state index in [0.717, 1.165) is 6.21 Å². The average Bonchev–Trinajstić information content (AvgIpc) is 2.46. The molecule has 0 aromatic heterocycles. The van der Waals surface area contributed by atoms with E-state index in [0.29, 0.717) is 5.69 Å². The van der Waals surface area contributed by atoms with Gasteiger partial charge in [0, 0.05) is 12.8 Å². The van der Waals surface area contributed by atoms with Gasteiger partial charge in [-0.05, 0) is 30.1 Å². The Morgan fingerprint density at radius 2 is 2.00 bits per heavy atom. The van der Waals surface area contributed by atoms with Gasteiger partial charge in [0.1, 0.15) is 5.57 Å². The van der Waals surface area contributed by atoms with E-state index in [1.807, 2.05) is 5.87 Å². The number of aliphatic hydroxyl groups excluding tert-OH is 1. The van der Waals surface area contributed by atoms with Gasteiger partial charge < -0.3 is 15.5 Å². The molecular formula is C13H13N3O4. The maximum absolute atomic E-state index is 11.5. The Balaban J connectivity index is 2.77. The number of benzene rings is 1. The number of rotatable bonds is 6. The highest BCUT2D eigenvalue weighted by Gasteiger charge is 2.06. The van der Waals surface area contributed by atoms with Crippen LogP contribution in [-0.2, 0) is 4.79 Å². The second-order valence-corrected chi connectivity index (χ2v) is 3.63. The van der Waals surface area contributed by atoms with Gasteiger partial charge in [-0.1, -0.05) is 0 Å². The van der Waals surface area contributed by atoms with E-state index in [2.05, 4.69) is 10.3 Å². The first kappa shape index (κ1) is 15.3. The molecule has 0 aliphatic rings. The Morgan fingerprint density at radius 1 is 1.35 bits per heavy atom. The van der Waals surface area contributed by atoms with Crippen LogP contribution >= 0.6 is 0 Å². The summed E-state index contributed by atoms with van der Waals surface area (Å²) in [6.45, 7) is -0.129. The Hall–Kier alpha value is -2.76. The molecule has 20 heavy (non-hydrogen) atoms. The topological polar surface area (TPSA) is 123 Å². The van der Waals surface area contributed by atoms with Crippen molar-refractivity contribution in [2.45, 2.75) is 0 Å². The van der Waals surface area contributed by atoms with Crippen molar-refractivity contribution in [1.82, 2.24) is 5.32 Å². The van der Waals surface area contributed by atoms with Gasteiger partial charge in [-0.2, -0.15) is 0 Å². The van der Waals surface area contributed by atoms with Crippen molar-refractivity contribution < 1.29 is 19.8 Å². The third-order valence-electron chi connectivity index (χ3n) is 2.23. The number of hydrogen-bond acceptors (Lipinski definition) is 5. The lowest BCUT2D eigenvalue weighted by molar-refractivity contribution is -0.117. The Morgan fingerprint density at radius 3 is 2.50 bits per heavy atom. The third-order valence-corrected chi connectivity index (χ3v) is 2.23.